The maximum absolute atomic E-state index is 12.9. The average Bonchev–Trinajstić information content (AvgIpc) is 2.57. The van der Waals surface area contributed by atoms with Gasteiger partial charge in [-0.2, -0.15) is 13.5 Å². The Morgan fingerprint density at radius 1 is 1.28 bits per heavy atom. The van der Waals surface area contributed by atoms with Crippen LogP contribution >= 0.6 is 11.6 Å². The summed E-state index contributed by atoms with van der Waals surface area (Å²) in [5.74, 6) is 0.270. The Morgan fingerprint density at radius 3 is 2.56 bits per heavy atom. The number of sulfonamides is 1. The highest BCUT2D eigenvalue weighted by Crippen LogP contribution is 2.35. The standard InChI is InChI=1S/C16H16ClFN2O4S/c1-3-24-16-14(17)8-11(9-15(16)23-2)10-19-20-25(21,22)13-6-4-12(18)5-7-13/h4-10,20H,3H2,1-2H3/b19-10+. The highest BCUT2D eigenvalue weighted by atomic mass is 35.5. The van der Waals surface area contributed by atoms with Gasteiger partial charge in [-0.25, -0.2) is 9.22 Å². The molecule has 0 atom stereocenters. The van der Waals surface area contributed by atoms with Gasteiger partial charge in [0, 0.05) is 0 Å². The molecular formula is C16H16ClFN2O4S. The molecule has 0 aromatic heterocycles. The van der Waals surface area contributed by atoms with Crippen LogP contribution in [0.25, 0.3) is 0 Å². The van der Waals surface area contributed by atoms with E-state index in [4.69, 9.17) is 21.1 Å². The molecule has 9 heteroatoms. The summed E-state index contributed by atoms with van der Waals surface area (Å²) in [7, 11) is -2.43. The van der Waals surface area contributed by atoms with Gasteiger partial charge >= 0.3 is 0 Å². The van der Waals surface area contributed by atoms with Crippen molar-refractivity contribution in [1.29, 1.82) is 0 Å². The van der Waals surface area contributed by atoms with Crippen molar-refractivity contribution in [3.63, 3.8) is 0 Å². The number of benzene rings is 2. The van der Waals surface area contributed by atoms with Gasteiger partial charge in [0.25, 0.3) is 10.0 Å². The third-order valence-corrected chi connectivity index (χ3v) is 4.57. The van der Waals surface area contributed by atoms with Crippen molar-refractivity contribution < 1.29 is 22.3 Å². The second-order valence-electron chi connectivity index (χ2n) is 4.77. The maximum atomic E-state index is 12.9. The van der Waals surface area contributed by atoms with Crippen LogP contribution in [0.4, 0.5) is 4.39 Å². The zero-order chi connectivity index (χ0) is 18.4. The summed E-state index contributed by atoms with van der Waals surface area (Å²) in [6.07, 6.45) is 1.27. The summed E-state index contributed by atoms with van der Waals surface area (Å²) >= 11 is 6.13. The summed E-state index contributed by atoms with van der Waals surface area (Å²) in [6, 6.07) is 7.55. The second kappa shape index (κ2) is 8.17. The van der Waals surface area contributed by atoms with Crippen LogP contribution in [0, 0.1) is 5.82 Å². The average molecular weight is 387 g/mol. The van der Waals surface area contributed by atoms with Crippen LogP contribution in [-0.4, -0.2) is 28.3 Å². The summed E-state index contributed by atoms with van der Waals surface area (Å²) in [4.78, 5) is 1.94. The highest BCUT2D eigenvalue weighted by molar-refractivity contribution is 7.89. The van der Waals surface area contributed by atoms with Gasteiger partial charge in [-0.3, -0.25) is 0 Å². The minimum absolute atomic E-state index is 0.103. The van der Waals surface area contributed by atoms with Gasteiger partial charge in [-0.05, 0) is 48.9 Å². The Kier molecular flexibility index (Phi) is 6.22. The predicted molar refractivity (Wildman–Crippen MR) is 93.5 cm³/mol. The van der Waals surface area contributed by atoms with Crippen LogP contribution in [0.2, 0.25) is 5.02 Å². The molecule has 0 heterocycles. The summed E-state index contributed by atoms with van der Waals surface area (Å²) in [5, 5.41) is 4.00. The van der Waals surface area contributed by atoms with E-state index in [1.807, 2.05) is 11.8 Å². The van der Waals surface area contributed by atoms with Crippen LogP contribution in [-0.2, 0) is 10.0 Å². The number of hydrazone groups is 1. The van der Waals surface area contributed by atoms with Crippen LogP contribution in [0.15, 0.2) is 46.4 Å². The molecule has 0 saturated carbocycles. The molecule has 0 radical (unpaired) electrons. The Balaban J connectivity index is 2.19. The van der Waals surface area contributed by atoms with E-state index in [1.54, 1.807) is 12.1 Å². The molecule has 2 aromatic rings. The van der Waals surface area contributed by atoms with Crippen molar-refractivity contribution in [1.82, 2.24) is 4.83 Å². The fourth-order valence-corrected chi connectivity index (χ4v) is 3.00. The fourth-order valence-electron chi connectivity index (χ4n) is 1.94. The molecule has 0 saturated heterocycles. The molecule has 25 heavy (non-hydrogen) atoms. The molecule has 0 unspecified atom stereocenters. The first kappa shape index (κ1) is 19.0. The first-order chi connectivity index (χ1) is 11.9. The molecule has 0 aliphatic rings. The van der Waals surface area contributed by atoms with Gasteiger partial charge in [0.15, 0.2) is 11.5 Å². The van der Waals surface area contributed by atoms with Crippen molar-refractivity contribution in [2.75, 3.05) is 13.7 Å². The van der Waals surface area contributed by atoms with Crippen molar-refractivity contribution in [3.05, 3.63) is 52.8 Å². The summed E-state index contributed by atoms with van der Waals surface area (Å²) in [6.45, 7) is 2.23. The normalized spacial score (nSPS) is 11.5. The van der Waals surface area contributed by atoms with Crippen LogP contribution in [0.5, 0.6) is 11.5 Å². The van der Waals surface area contributed by atoms with Crippen LogP contribution in [0.3, 0.4) is 0 Å². The van der Waals surface area contributed by atoms with E-state index in [9.17, 15) is 12.8 Å². The van der Waals surface area contributed by atoms with Crippen molar-refractivity contribution in [2.45, 2.75) is 11.8 Å². The van der Waals surface area contributed by atoms with E-state index in [0.29, 0.717) is 28.7 Å². The predicted octanol–water partition coefficient (Wildman–Crippen LogP) is 3.20. The Hall–Kier alpha value is -2.32. The molecule has 0 amide bonds. The van der Waals surface area contributed by atoms with E-state index in [0.717, 1.165) is 24.3 Å². The number of halogens is 2. The monoisotopic (exact) mass is 386 g/mol. The highest BCUT2D eigenvalue weighted by Gasteiger charge is 2.13. The lowest BCUT2D eigenvalue weighted by atomic mass is 10.2. The van der Waals surface area contributed by atoms with E-state index in [1.165, 1.54) is 13.3 Å². The lowest BCUT2D eigenvalue weighted by Crippen LogP contribution is -2.18. The van der Waals surface area contributed by atoms with Crippen molar-refractivity contribution in [3.8, 4) is 11.5 Å². The SMILES string of the molecule is CCOc1c(Cl)cc(/C=N/NS(=O)(=O)c2ccc(F)cc2)cc1OC. The molecule has 0 fully saturated rings. The number of nitrogens with one attached hydrogen (secondary N) is 1. The molecule has 2 rings (SSSR count). The van der Waals surface area contributed by atoms with Gasteiger partial charge < -0.3 is 9.47 Å². The van der Waals surface area contributed by atoms with Gasteiger partial charge in [0.2, 0.25) is 0 Å². The first-order valence-electron chi connectivity index (χ1n) is 7.18. The fraction of sp³-hybridized carbons (Fsp3) is 0.188. The Bertz CT molecular complexity index is 870. The largest absolute Gasteiger partial charge is 0.493 e. The van der Waals surface area contributed by atoms with E-state index in [2.05, 4.69) is 5.10 Å². The van der Waals surface area contributed by atoms with Gasteiger partial charge in [-0.15, -0.1) is 0 Å². The molecule has 0 spiro atoms. The van der Waals surface area contributed by atoms with Crippen molar-refractivity contribution in [2.24, 2.45) is 5.10 Å². The molecule has 134 valence electrons. The van der Waals surface area contributed by atoms with Crippen molar-refractivity contribution >= 4 is 27.8 Å². The van der Waals surface area contributed by atoms with Crippen LogP contribution in [0.1, 0.15) is 12.5 Å². The lowest BCUT2D eigenvalue weighted by Gasteiger charge is -2.11. The Morgan fingerprint density at radius 2 is 1.96 bits per heavy atom. The molecule has 2 aromatic carbocycles. The third kappa shape index (κ3) is 4.83. The summed E-state index contributed by atoms with van der Waals surface area (Å²) < 4.78 is 47.6. The summed E-state index contributed by atoms with van der Waals surface area (Å²) in [5.41, 5.74) is 0.507. The quantitative estimate of drug-likeness (QED) is 0.585. The third-order valence-electron chi connectivity index (χ3n) is 3.05. The van der Waals surface area contributed by atoms with Gasteiger partial charge in [0.05, 0.1) is 29.8 Å². The number of rotatable bonds is 7. The molecule has 6 nitrogen and oxygen atoms in total. The van der Waals surface area contributed by atoms with Gasteiger partial charge in [-0.1, -0.05) is 11.6 Å². The number of hydrogen-bond acceptors (Lipinski definition) is 5. The minimum atomic E-state index is -3.89. The zero-order valence-corrected chi connectivity index (χ0v) is 15.1. The minimum Gasteiger partial charge on any atom is -0.493 e. The zero-order valence-electron chi connectivity index (χ0n) is 13.5. The van der Waals surface area contributed by atoms with E-state index in [-0.39, 0.29) is 4.90 Å². The van der Waals surface area contributed by atoms with E-state index < -0.39 is 15.8 Å². The number of hydrogen-bond donors (Lipinski definition) is 1. The topological polar surface area (TPSA) is 77.0 Å². The molecule has 0 bridgehead atoms. The van der Waals surface area contributed by atoms with E-state index >= 15 is 0 Å². The van der Waals surface area contributed by atoms with Gasteiger partial charge in [0.1, 0.15) is 5.82 Å². The number of nitrogens with zero attached hydrogens (tertiary/aromatic N) is 1. The smallest absolute Gasteiger partial charge is 0.276 e. The molecule has 0 aliphatic carbocycles. The lowest BCUT2D eigenvalue weighted by molar-refractivity contribution is 0.311. The molecular weight excluding hydrogens is 371 g/mol. The number of methoxy groups -OCH3 is 1. The van der Waals surface area contributed by atoms with Crippen LogP contribution < -0.4 is 14.3 Å². The molecule has 0 aliphatic heterocycles. The molecule has 1 N–H and O–H groups in total. The first-order valence-corrected chi connectivity index (χ1v) is 9.04. The Labute approximate surface area is 150 Å². The second-order valence-corrected chi connectivity index (χ2v) is 6.84. The maximum Gasteiger partial charge on any atom is 0.276 e. The number of ether oxygens (including phenoxy) is 2.